The standard InChI is InChI=1S/C22H23N3O6S2/c1-14-3-6-17-18(11-14)32-22(23-17)24-20(26)13-31-21(27)16-5-4-15(2)19(12-16)33(28,29)25-7-9-30-10-8-25/h3-6,11-12H,7-10,13H2,1-2H3,(H,23,24,26). The zero-order chi connectivity index (χ0) is 23.6. The molecule has 0 atom stereocenters. The van der Waals surface area contributed by atoms with Crippen LogP contribution in [0, 0.1) is 13.8 Å². The summed E-state index contributed by atoms with van der Waals surface area (Å²) in [5, 5.41) is 3.03. The van der Waals surface area contributed by atoms with Crippen LogP contribution in [0.5, 0.6) is 0 Å². The van der Waals surface area contributed by atoms with Gasteiger partial charge in [0.15, 0.2) is 11.7 Å². The van der Waals surface area contributed by atoms with Gasteiger partial charge >= 0.3 is 5.97 Å². The van der Waals surface area contributed by atoms with Crippen molar-refractivity contribution in [3.05, 3.63) is 53.1 Å². The molecule has 1 amide bonds. The molecule has 9 nitrogen and oxygen atoms in total. The van der Waals surface area contributed by atoms with Gasteiger partial charge in [0.2, 0.25) is 10.0 Å². The first kappa shape index (κ1) is 23.3. The Kier molecular flexibility index (Phi) is 6.75. The van der Waals surface area contributed by atoms with Crippen LogP contribution in [-0.2, 0) is 24.3 Å². The number of nitrogens with one attached hydrogen (secondary N) is 1. The third-order valence-electron chi connectivity index (χ3n) is 5.14. The van der Waals surface area contributed by atoms with E-state index in [1.54, 1.807) is 13.0 Å². The van der Waals surface area contributed by atoms with Crippen molar-refractivity contribution in [1.29, 1.82) is 0 Å². The molecule has 4 rings (SSSR count). The van der Waals surface area contributed by atoms with Crippen LogP contribution in [-0.4, -0.2) is 62.5 Å². The topological polar surface area (TPSA) is 115 Å². The number of benzene rings is 2. The summed E-state index contributed by atoms with van der Waals surface area (Å²) in [7, 11) is -3.78. The van der Waals surface area contributed by atoms with Crippen LogP contribution in [0.2, 0.25) is 0 Å². The van der Waals surface area contributed by atoms with Gasteiger partial charge in [0.25, 0.3) is 5.91 Å². The molecule has 0 aliphatic carbocycles. The number of rotatable bonds is 6. The molecule has 1 aliphatic rings. The first-order valence-electron chi connectivity index (χ1n) is 10.3. The molecule has 1 aromatic heterocycles. The summed E-state index contributed by atoms with van der Waals surface area (Å²) in [6.07, 6.45) is 0. The van der Waals surface area contributed by atoms with Crippen LogP contribution in [0.4, 0.5) is 5.13 Å². The molecule has 0 bridgehead atoms. The maximum Gasteiger partial charge on any atom is 0.338 e. The Morgan fingerprint density at radius 3 is 2.67 bits per heavy atom. The number of hydrogen-bond acceptors (Lipinski definition) is 8. The predicted molar refractivity (Wildman–Crippen MR) is 124 cm³/mol. The van der Waals surface area contributed by atoms with Crippen LogP contribution < -0.4 is 5.32 Å². The predicted octanol–water partition coefficient (Wildman–Crippen LogP) is 2.73. The van der Waals surface area contributed by atoms with E-state index in [2.05, 4.69) is 10.3 Å². The number of aryl methyl sites for hydroxylation is 2. The minimum atomic E-state index is -3.78. The summed E-state index contributed by atoms with van der Waals surface area (Å²) in [6, 6.07) is 10.1. The van der Waals surface area contributed by atoms with Crippen LogP contribution in [0.3, 0.4) is 0 Å². The first-order chi connectivity index (χ1) is 15.7. The Hall–Kier alpha value is -2.86. The highest BCUT2D eigenvalue weighted by Gasteiger charge is 2.28. The highest BCUT2D eigenvalue weighted by Crippen LogP contribution is 2.27. The molecule has 11 heteroatoms. The van der Waals surface area contributed by atoms with E-state index in [1.807, 2.05) is 25.1 Å². The number of fused-ring (bicyclic) bond motifs is 1. The van der Waals surface area contributed by atoms with Gasteiger partial charge in [0.05, 0.1) is 33.9 Å². The summed E-state index contributed by atoms with van der Waals surface area (Å²) in [5.41, 5.74) is 2.43. The number of hydrogen-bond donors (Lipinski definition) is 1. The van der Waals surface area contributed by atoms with Gasteiger partial charge in [-0.15, -0.1) is 0 Å². The second-order valence-corrected chi connectivity index (χ2v) is 10.5. The highest BCUT2D eigenvalue weighted by atomic mass is 32.2. The Morgan fingerprint density at radius 2 is 1.91 bits per heavy atom. The summed E-state index contributed by atoms with van der Waals surface area (Å²) in [6.45, 7) is 4.26. The third kappa shape index (κ3) is 5.22. The monoisotopic (exact) mass is 489 g/mol. The molecule has 2 aromatic carbocycles. The number of carbonyl (C=O) groups is 2. The zero-order valence-electron chi connectivity index (χ0n) is 18.2. The van der Waals surface area contributed by atoms with E-state index < -0.39 is 28.5 Å². The molecular weight excluding hydrogens is 466 g/mol. The van der Waals surface area contributed by atoms with Crippen molar-refractivity contribution >= 4 is 48.6 Å². The van der Waals surface area contributed by atoms with Crippen molar-refractivity contribution in [3.63, 3.8) is 0 Å². The number of sulfonamides is 1. The van der Waals surface area contributed by atoms with E-state index in [1.165, 1.54) is 27.8 Å². The van der Waals surface area contributed by atoms with Crippen molar-refractivity contribution < 1.29 is 27.5 Å². The van der Waals surface area contributed by atoms with Crippen molar-refractivity contribution in [2.24, 2.45) is 0 Å². The number of esters is 1. The van der Waals surface area contributed by atoms with Crippen molar-refractivity contribution in [2.75, 3.05) is 38.2 Å². The van der Waals surface area contributed by atoms with Gasteiger partial charge in [-0.05, 0) is 49.2 Å². The smallest absolute Gasteiger partial charge is 0.338 e. The zero-order valence-corrected chi connectivity index (χ0v) is 19.8. The fraction of sp³-hybridized carbons (Fsp3) is 0.318. The minimum absolute atomic E-state index is 0.0353. The maximum atomic E-state index is 13.0. The quantitative estimate of drug-likeness (QED) is 0.530. The van der Waals surface area contributed by atoms with Gasteiger partial charge in [0, 0.05) is 13.1 Å². The molecular formula is C22H23N3O6S2. The number of carbonyl (C=O) groups excluding carboxylic acids is 2. The van der Waals surface area contributed by atoms with Crippen molar-refractivity contribution in [2.45, 2.75) is 18.7 Å². The lowest BCUT2D eigenvalue weighted by Gasteiger charge is -2.26. The summed E-state index contributed by atoms with van der Waals surface area (Å²) < 4.78 is 38.6. The number of nitrogens with zero attached hydrogens (tertiary/aromatic N) is 2. The van der Waals surface area contributed by atoms with E-state index in [4.69, 9.17) is 9.47 Å². The van der Waals surface area contributed by atoms with Gasteiger partial charge in [0.1, 0.15) is 0 Å². The molecule has 1 fully saturated rings. The number of thiazole rings is 1. The van der Waals surface area contributed by atoms with E-state index >= 15 is 0 Å². The molecule has 1 N–H and O–H groups in total. The molecule has 174 valence electrons. The molecule has 2 heterocycles. The second kappa shape index (κ2) is 9.56. The van der Waals surface area contributed by atoms with Gasteiger partial charge in [-0.3, -0.25) is 10.1 Å². The number of anilines is 1. The summed E-state index contributed by atoms with van der Waals surface area (Å²) in [5.74, 6) is -1.32. The van der Waals surface area contributed by atoms with E-state index in [0.29, 0.717) is 23.9 Å². The Balaban J connectivity index is 1.41. The van der Waals surface area contributed by atoms with Gasteiger partial charge in [-0.2, -0.15) is 4.31 Å². The normalized spacial score (nSPS) is 14.8. The van der Waals surface area contributed by atoms with Gasteiger partial charge < -0.3 is 9.47 Å². The van der Waals surface area contributed by atoms with Crippen LogP contribution in [0.15, 0.2) is 41.3 Å². The fourth-order valence-electron chi connectivity index (χ4n) is 3.39. The third-order valence-corrected chi connectivity index (χ3v) is 8.11. The van der Waals surface area contributed by atoms with Crippen LogP contribution >= 0.6 is 11.3 Å². The average molecular weight is 490 g/mol. The van der Waals surface area contributed by atoms with Gasteiger partial charge in [-0.1, -0.05) is 23.5 Å². The van der Waals surface area contributed by atoms with E-state index in [9.17, 15) is 18.0 Å². The lowest BCUT2D eigenvalue weighted by atomic mass is 10.1. The van der Waals surface area contributed by atoms with E-state index in [-0.39, 0.29) is 23.5 Å². The second-order valence-electron chi connectivity index (χ2n) is 7.61. The molecule has 3 aromatic rings. The number of amides is 1. The van der Waals surface area contributed by atoms with Gasteiger partial charge in [-0.25, -0.2) is 18.2 Å². The average Bonchev–Trinajstić information content (AvgIpc) is 3.19. The summed E-state index contributed by atoms with van der Waals surface area (Å²) >= 11 is 1.33. The fourth-order valence-corrected chi connectivity index (χ4v) is 6.03. The minimum Gasteiger partial charge on any atom is -0.452 e. The van der Waals surface area contributed by atoms with Crippen LogP contribution in [0.1, 0.15) is 21.5 Å². The molecule has 0 spiro atoms. The molecule has 0 unspecified atom stereocenters. The van der Waals surface area contributed by atoms with Crippen molar-refractivity contribution in [3.8, 4) is 0 Å². The highest BCUT2D eigenvalue weighted by molar-refractivity contribution is 7.89. The Labute approximate surface area is 195 Å². The molecule has 0 saturated carbocycles. The number of morpholine rings is 1. The van der Waals surface area contributed by atoms with E-state index in [0.717, 1.165) is 15.8 Å². The lowest BCUT2D eigenvalue weighted by molar-refractivity contribution is -0.119. The summed E-state index contributed by atoms with van der Waals surface area (Å²) in [4.78, 5) is 29.1. The Bertz CT molecular complexity index is 1310. The lowest BCUT2D eigenvalue weighted by Crippen LogP contribution is -2.40. The SMILES string of the molecule is Cc1ccc2nc(NC(=O)COC(=O)c3ccc(C)c(S(=O)(=O)N4CCOCC4)c3)sc2c1. The van der Waals surface area contributed by atoms with Crippen LogP contribution in [0.25, 0.3) is 10.2 Å². The number of ether oxygens (including phenoxy) is 2. The molecule has 33 heavy (non-hydrogen) atoms. The number of aromatic nitrogens is 1. The Morgan fingerprint density at radius 1 is 1.15 bits per heavy atom. The van der Waals surface area contributed by atoms with Crippen molar-refractivity contribution in [1.82, 2.24) is 9.29 Å². The maximum absolute atomic E-state index is 13.0. The molecule has 1 aliphatic heterocycles. The first-order valence-corrected chi connectivity index (χ1v) is 12.5. The molecule has 0 radical (unpaired) electrons. The largest absolute Gasteiger partial charge is 0.452 e. The molecule has 1 saturated heterocycles.